The Bertz CT molecular complexity index is 527. The van der Waals surface area contributed by atoms with Crippen LogP contribution in [-0.4, -0.2) is 28.6 Å². The Morgan fingerprint density at radius 2 is 2.35 bits per heavy atom. The minimum absolute atomic E-state index is 0.0410. The first-order valence-electron chi connectivity index (χ1n) is 7.04. The molecule has 1 amide bonds. The maximum Gasteiger partial charge on any atom is 0.253 e. The van der Waals surface area contributed by atoms with Gasteiger partial charge in [0.05, 0.1) is 12.2 Å². The van der Waals surface area contributed by atoms with Crippen LogP contribution in [0.2, 0.25) is 0 Å². The summed E-state index contributed by atoms with van der Waals surface area (Å²) in [6.07, 6.45) is 7.23. The lowest BCUT2D eigenvalue weighted by molar-refractivity contribution is 0.0937. The largest absolute Gasteiger partial charge is 0.395 e. The molecule has 20 heavy (non-hydrogen) atoms. The van der Waals surface area contributed by atoms with Crippen molar-refractivity contribution in [3.63, 3.8) is 0 Å². The van der Waals surface area contributed by atoms with Crippen LogP contribution in [0.4, 0.5) is 0 Å². The van der Waals surface area contributed by atoms with Crippen molar-refractivity contribution in [2.75, 3.05) is 6.61 Å². The van der Waals surface area contributed by atoms with Gasteiger partial charge in [-0.15, -0.1) is 0 Å². The quantitative estimate of drug-likeness (QED) is 0.802. The highest BCUT2D eigenvalue weighted by molar-refractivity contribution is 5.94. The summed E-state index contributed by atoms with van der Waals surface area (Å²) in [5, 5.41) is 11.7. The highest BCUT2D eigenvalue weighted by atomic mass is 16.2. The van der Waals surface area contributed by atoms with E-state index in [0.29, 0.717) is 17.5 Å². The van der Waals surface area contributed by atoms with Crippen molar-refractivity contribution < 1.29 is 9.90 Å². The van der Waals surface area contributed by atoms with Gasteiger partial charge in [0, 0.05) is 30.4 Å². The monoisotopic (exact) mass is 272 g/mol. The van der Waals surface area contributed by atoms with Crippen molar-refractivity contribution in [3.05, 3.63) is 29.6 Å². The lowest BCUT2D eigenvalue weighted by Crippen LogP contribution is -2.33. The van der Waals surface area contributed by atoms with E-state index in [0.717, 1.165) is 12.3 Å². The molecule has 1 aliphatic carbocycles. The number of nitrogens with one attached hydrogen (secondary N) is 1. The number of aliphatic hydroxyl groups excluding tert-OH is 1. The number of aromatic nitrogens is 1. The lowest BCUT2D eigenvalue weighted by Gasteiger charge is -2.13. The van der Waals surface area contributed by atoms with Gasteiger partial charge in [0.2, 0.25) is 0 Å². The summed E-state index contributed by atoms with van der Waals surface area (Å²) in [6, 6.07) is 1.93. The van der Waals surface area contributed by atoms with E-state index >= 15 is 0 Å². The first kappa shape index (κ1) is 14.5. The van der Waals surface area contributed by atoms with E-state index in [-0.39, 0.29) is 18.6 Å². The van der Waals surface area contributed by atoms with E-state index in [1.165, 1.54) is 12.8 Å². The molecule has 2 rings (SSSR count). The molecule has 4 nitrogen and oxygen atoms in total. The fraction of sp³-hybridized carbons (Fsp3) is 0.500. The molecule has 4 heteroatoms. The van der Waals surface area contributed by atoms with Crippen LogP contribution in [0.15, 0.2) is 18.5 Å². The van der Waals surface area contributed by atoms with Gasteiger partial charge in [0.1, 0.15) is 0 Å². The number of hydrogen-bond donors (Lipinski definition) is 2. The third-order valence-electron chi connectivity index (χ3n) is 3.23. The van der Waals surface area contributed by atoms with Gasteiger partial charge in [-0.25, -0.2) is 0 Å². The predicted molar refractivity (Wildman–Crippen MR) is 77.1 cm³/mol. The molecule has 106 valence electrons. The molecule has 0 aromatic carbocycles. The Morgan fingerprint density at radius 3 is 3.05 bits per heavy atom. The highest BCUT2D eigenvalue weighted by Gasteiger charge is 2.24. The van der Waals surface area contributed by atoms with Crippen LogP contribution < -0.4 is 5.32 Å². The Morgan fingerprint density at radius 1 is 1.55 bits per heavy atom. The summed E-state index contributed by atoms with van der Waals surface area (Å²) in [6.45, 7) is 2.08. The molecular weight excluding hydrogens is 252 g/mol. The van der Waals surface area contributed by atoms with Gasteiger partial charge in [-0.3, -0.25) is 9.78 Å². The average molecular weight is 272 g/mol. The molecule has 1 saturated carbocycles. The highest BCUT2D eigenvalue weighted by Crippen LogP contribution is 2.33. The summed E-state index contributed by atoms with van der Waals surface area (Å²) in [5.74, 6) is 6.40. The van der Waals surface area contributed by atoms with Crippen molar-refractivity contribution >= 4 is 5.91 Å². The summed E-state index contributed by atoms with van der Waals surface area (Å²) < 4.78 is 0. The Balaban J connectivity index is 1.95. The summed E-state index contributed by atoms with van der Waals surface area (Å²) in [5.41, 5.74) is 1.23. The third-order valence-corrected chi connectivity index (χ3v) is 3.23. The maximum atomic E-state index is 12.1. The molecule has 1 atom stereocenters. The molecule has 0 bridgehead atoms. The van der Waals surface area contributed by atoms with E-state index < -0.39 is 0 Å². The summed E-state index contributed by atoms with van der Waals surface area (Å²) in [7, 11) is 0. The first-order chi connectivity index (χ1) is 9.69. The summed E-state index contributed by atoms with van der Waals surface area (Å²) in [4.78, 5) is 16.1. The Hall–Kier alpha value is -1.86. The Kier molecular flexibility index (Phi) is 5.14. The van der Waals surface area contributed by atoms with Gasteiger partial charge in [-0.05, 0) is 25.3 Å². The van der Waals surface area contributed by atoms with Gasteiger partial charge >= 0.3 is 0 Å². The first-order valence-corrected chi connectivity index (χ1v) is 7.04. The number of carbonyl (C=O) groups is 1. The fourth-order valence-electron chi connectivity index (χ4n) is 2.07. The number of nitrogens with zero attached hydrogens (tertiary/aromatic N) is 1. The minimum atomic E-state index is -0.101. The number of rotatable bonds is 5. The molecule has 0 spiro atoms. The zero-order valence-electron chi connectivity index (χ0n) is 11.7. The van der Waals surface area contributed by atoms with Crippen molar-refractivity contribution in [1.29, 1.82) is 0 Å². The van der Waals surface area contributed by atoms with Gasteiger partial charge < -0.3 is 10.4 Å². The molecule has 1 fully saturated rings. The van der Waals surface area contributed by atoms with Crippen molar-refractivity contribution in [2.24, 2.45) is 5.92 Å². The van der Waals surface area contributed by atoms with E-state index in [1.807, 2.05) is 6.92 Å². The Labute approximate surface area is 119 Å². The third kappa shape index (κ3) is 4.67. The number of pyridine rings is 1. The molecule has 1 aromatic heterocycles. The van der Waals surface area contributed by atoms with Crippen molar-refractivity contribution in [1.82, 2.24) is 10.3 Å². The average Bonchev–Trinajstić information content (AvgIpc) is 3.23. The topological polar surface area (TPSA) is 62.2 Å². The zero-order chi connectivity index (χ0) is 14.4. The van der Waals surface area contributed by atoms with E-state index in [1.54, 1.807) is 18.5 Å². The van der Waals surface area contributed by atoms with Crippen LogP contribution in [0.5, 0.6) is 0 Å². The number of carbonyl (C=O) groups excluding carboxylic acids is 1. The second kappa shape index (κ2) is 7.06. The van der Waals surface area contributed by atoms with Crippen LogP contribution >= 0.6 is 0 Å². The molecule has 0 aliphatic heterocycles. The molecule has 2 N–H and O–H groups in total. The van der Waals surface area contributed by atoms with Gasteiger partial charge in [0.15, 0.2) is 0 Å². The smallest absolute Gasteiger partial charge is 0.253 e. The van der Waals surface area contributed by atoms with Crippen LogP contribution in [0, 0.1) is 17.8 Å². The predicted octanol–water partition coefficient (Wildman–Crippen LogP) is 1.73. The van der Waals surface area contributed by atoms with Gasteiger partial charge in [-0.2, -0.15) is 0 Å². The molecule has 0 radical (unpaired) electrons. The SMILES string of the molecule is CC(CC1CC1)NC(=O)c1cncc(C#CCCO)c1. The number of aliphatic hydroxyl groups is 1. The molecular formula is C16H20N2O2. The second-order valence-electron chi connectivity index (χ2n) is 5.29. The van der Waals surface area contributed by atoms with Crippen LogP contribution in [0.1, 0.15) is 48.5 Å². The zero-order valence-corrected chi connectivity index (χ0v) is 11.7. The molecule has 1 heterocycles. The fourth-order valence-corrected chi connectivity index (χ4v) is 2.07. The molecule has 0 saturated heterocycles. The van der Waals surface area contributed by atoms with Gasteiger partial charge in [0.25, 0.3) is 5.91 Å². The standard InChI is InChI=1S/C16H20N2O2/c1-12(8-13-5-6-13)18-16(20)15-9-14(10-17-11-15)4-2-3-7-19/h9-13,19H,3,5-8H2,1H3,(H,18,20). The summed E-state index contributed by atoms with van der Waals surface area (Å²) >= 11 is 0. The van der Waals surface area contributed by atoms with Crippen LogP contribution in [-0.2, 0) is 0 Å². The second-order valence-corrected chi connectivity index (χ2v) is 5.29. The van der Waals surface area contributed by atoms with Crippen LogP contribution in [0.25, 0.3) is 0 Å². The normalized spacial score (nSPS) is 15.1. The van der Waals surface area contributed by atoms with Crippen molar-refractivity contribution in [3.8, 4) is 11.8 Å². The van der Waals surface area contributed by atoms with Gasteiger partial charge in [-0.1, -0.05) is 24.7 Å². The number of hydrogen-bond acceptors (Lipinski definition) is 3. The minimum Gasteiger partial charge on any atom is -0.395 e. The van der Waals surface area contributed by atoms with E-state index in [2.05, 4.69) is 22.1 Å². The molecule has 1 aliphatic rings. The van der Waals surface area contributed by atoms with E-state index in [4.69, 9.17) is 5.11 Å². The lowest BCUT2D eigenvalue weighted by atomic mass is 10.1. The molecule has 1 aromatic rings. The van der Waals surface area contributed by atoms with E-state index in [9.17, 15) is 4.79 Å². The molecule has 1 unspecified atom stereocenters. The maximum absolute atomic E-state index is 12.1. The van der Waals surface area contributed by atoms with Crippen LogP contribution in [0.3, 0.4) is 0 Å². The number of amides is 1. The van der Waals surface area contributed by atoms with Crippen molar-refractivity contribution in [2.45, 2.75) is 38.6 Å².